The first-order valence-corrected chi connectivity index (χ1v) is 6.96. The summed E-state index contributed by atoms with van der Waals surface area (Å²) >= 11 is 0. The first-order valence-electron chi connectivity index (χ1n) is 5.35. The molecular formula is C11H10N2O5S. The van der Waals surface area contributed by atoms with E-state index in [0.29, 0.717) is 24.3 Å². The van der Waals surface area contributed by atoms with E-state index in [2.05, 4.69) is 9.55 Å². The van der Waals surface area contributed by atoms with Crippen LogP contribution in [0.25, 0.3) is 0 Å². The Morgan fingerprint density at radius 3 is 2.79 bits per heavy atom. The van der Waals surface area contributed by atoms with Gasteiger partial charge in [0.05, 0.1) is 5.75 Å². The number of ether oxygens (including phenoxy) is 1. The number of isocyanates is 1. The van der Waals surface area contributed by atoms with Crippen LogP contribution in [0.3, 0.4) is 0 Å². The molecule has 1 aliphatic heterocycles. The molecule has 0 N–H and O–H groups in total. The van der Waals surface area contributed by atoms with Crippen molar-refractivity contribution in [2.24, 2.45) is 9.55 Å². The van der Waals surface area contributed by atoms with E-state index in [0.717, 1.165) is 6.08 Å². The maximum Gasteiger partial charge on any atom is 0.267 e. The number of oxime groups is 1. The van der Waals surface area contributed by atoms with E-state index in [1.165, 1.54) is 0 Å². The Kier molecular flexibility index (Phi) is 3.94. The zero-order chi connectivity index (χ0) is 13.7. The second-order valence-electron chi connectivity index (χ2n) is 3.64. The van der Waals surface area contributed by atoms with Gasteiger partial charge in [-0.15, -0.1) is 0 Å². The van der Waals surface area contributed by atoms with Gasteiger partial charge >= 0.3 is 0 Å². The Morgan fingerprint density at radius 2 is 2.11 bits per heavy atom. The zero-order valence-corrected chi connectivity index (χ0v) is 10.6. The summed E-state index contributed by atoms with van der Waals surface area (Å²) in [5.74, 6) is -0.215. The molecule has 0 radical (unpaired) electrons. The molecule has 0 amide bonds. The maximum absolute atomic E-state index is 11.5. The number of nitrogens with zero attached hydrogens (tertiary/aromatic N) is 2. The second kappa shape index (κ2) is 5.64. The van der Waals surface area contributed by atoms with Gasteiger partial charge in [-0.25, -0.2) is 13.2 Å². The lowest BCUT2D eigenvalue weighted by Crippen LogP contribution is -2.19. The van der Waals surface area contributed by atoms with E-state index in [4.69, 9.17) is 9.57 Å². The molecule has 8 heteroatoms. The van der Waals surface area contributed by atoms with Crippen LogP contribution in [0.5, 0.6) is 0 Å². The van der Waals surface area contributed by atoms with Gasteiger partial charge in [-0.3, -0.25) is 0 Å². The van der Waals surface area contributed by atoms with E-state index in [1.807, 2.05) is 0 Å². The number of hydrogen-bond donors (Lipinski definition) is 0. The van der Waals surface area contributed by atoms with E-state index in [1.54, 1.807) is 24.3 Å². The molecule has 0 bridgehead atoms. The highest BCUT2D eigenvalue weighted by Gasteiger charge is 2.18. The van der Waals surface area contributed by atoms with E-state index >= 15 is 0 Å². The predicted octanol–water partition coefficient (Wildman–Crippen LogP) is 0.561. The van der Waals surface area contributed by atoms with Gasteiger partial charge in [0, 0.05) is 5.56 Å². The summed E-state index contributed by atoms with van der Waals surface area (Å²) in [5.41, 5.74) is 0.914. The van der Waals surface area contributed by atoms with Crippen molar-refractivity contribution in [3.63, 3.8) is 0 Å². The molecule has 1 heterocycles. The van der Waals surface area contributed by atoms with Crippen LogP contribution < -0.4 is 0 Å². The molecule has 19 heavy (non-hydrogen) atoms. The van der Waals surface area contributed by atoms with Crippen molar-refractivity contribution in [1.82, 2.24) is 0 Å². The van der Waals surface area contributed by atoms with Crippen LogP contribution in [0, 0.1) is 0 Å². The summed E-state index contributed by atoms with van der Waals surface area (Å²) in [6.45, 7) is 0.686. The highest BCUT2D eigenvalue weighted by molar-refractivity contribution is 7.89. The topological polar surface area (TPSA) is 94.4 Å². The smallest absolute Gasteiger partial charge is 0.267 e. The Hall–Kier alpha value is -2.18. The normalized spacial score (nSPS) is 14.6. The van der Waals surface area contributed by atoms with Gasteiger partial charge in [0.1, 0.15) is 6.61 Å². The van der Waals surface area contributed by atoms with Gasteiger partial charge in [0.25, 0.3) is 22.0 Å². The number of benzene rings is 1. The van der Waals surface area contributed by atoms with Crippen molar-refractivity contribution in [2.45, 2.75) is 5.75 Å². The van der Waals surface area contributed by atoms with Crippen molar-refractivity contribution < 1.29 is 22.8 Å². The molecule has 1 aliphatic rings. The highest BCUT2D eigenvalue weighted by atomic mass is 32.2. The molecule has 0 unspecified atom stereocenters. The number of sulfonamides is 1. The first-order chi connectivity index (χ1) is 9.12. The van der Waals surface area contributed by atoms with E-state index in [9.17, 15) is 13.2 Å². The molecule has 1 aromatic carbocycles. The Morgan fingerprint density at radius 1 is 1.32 bits per heavy atom. The monoisotopic (exact) mass is 282 g/mol. The van der Waals surface area contributed by atoms with Gasteiger partial charge in [-0.2, -0.15) is 0 Å². The van der Waals surface area contributed by atoms with Gasteiger partial charge in [0.2, 0.25) is 0 Å². The Labute approximate surface area is 109 Å². The number of carbonyl (C=O) groups excluding carboxylic acids is 1. The minimum atomic E-state index is -3.90. The van der Waals surface area contributed by atoms with Crippen LogP contribution in [0.2, 0.25) is 0 Å². The van der Waals surface area contributed by atoms with Crippen molar-refractivity contribution >= 4 is 22.0 Å². The number of rotatable bonds is 4. The highest BCUT2D eigenvalue weighted by Crippen LogP contribution is 2.16. The van der Waals surface area contributed by atoms with Gasteiger partial charge in [-0.05, 0) is 16.8 Å². The molecule has 0 spiro atoms. The molecular weight excluding hydrogens is 272 g/mol. The summed E-state index contributed by atoms with van der Waals surface area (Å²) in [4.78, 5) is 15.0. The molecule has 100 valence electrons. The third kappa shape index (κ3) is 3.40. The summed E-state index contributed by atoms with van der Waals surface area (Å²) in [5, 5.41) is 3.73. The van der Waals surface area contributed by atoms with Crippen molar-refractivity contribution in [1.29, 1.82) is 0 Å². The maximum atomic E-state index is 11.5. The quantitative estimate of drug-likeness (QED) is 0.594. The van der Waals surface area contributed by atoms with Crippen LogP contribution in [-0.4, -0.2) is 33.6 Å². The van der Waals surface area contributed by atoms with Crippen LogP contribution in [0.4, 0.5) is 0 Å². The van der Waals surface area contributed by atoms with Crippen LogP contribution >= 0.6 is 0 Å². The molecule has 1 aromatic rings. The summed E-state index contributed by atoms with van der Waals surface area (Å²) in [6.07, 6.45) is 1.03. The lowest BCUT2D eigenvalue weighted by molar-refractivity contribution is 0.0655. The molecule has 2 rings (SSSR count). The van der Waals surface area contributed by atoms with Crippen molar-refractivity contribution in [3.8, 4) is 0 Å². The average Bonchev–Trinajstić information content (AvgIpc) is 2.40. The zero-order valence-electron chi connectivity index (χ0n) is 9.77. The lowest BCUT2D eigenvalue weighted by atomic mass is 10.1. The van der Waals surface area contributed by atoms with Crippen LogP contribution in [0.15, 0.2) is 33.8 Å². The van der Waals surface area contributed by atoms with Crippen molar-refractivity contribution in [2.75, 3.05) is 13.2 Å². The summed E-state index contributed by atoms with van der Waals surface area (Å²) in [7, 11) is -3.90. The summed E-state index contributed by atoms with van der Waals surface area (Å²) < 4.78 is 31.1. The van der Waals surface area contributed by atoms with Gasteiger partial charge < -0.3 is 9.57 Å². The minimum Gasteiger partial charge on any atom is -0.471 e. The first kappa shape index (κ1) is 13.3. The number of hydrogen-bond acceptors (Lipinski definition) is 6. The molecule has 0 aromatic heterocycles. The molecule has 0 aliphatic carbocycles. The summed E-state index contributed by atoms with van der Waals surface area (Å²) in [6, 6.07) is 6.63. The largest absolute Gasteiger partial charge is 0.471 e. The standard InChI is InChI=1S/C11H10N2O5S/c14-8-12-19(15,16)7-9-3-1-2-4-10(9)11-13-18-6-5-17-11/h1-4H,5-7H2. The lowest BCUT2D eigenvalue weighted by Gasteiger charge is -2.15. The third-order valence-electron chi connectivity index (χ3n) is 2.32. The molecule has 7 nitrogen and oxygen atoms in total. The van der Waals surface area contributed by atoms with Crippen LogP contribution in [0.1, 0.15) is 11.1 Å². The SMILES string of the molecule is O=C=NS(=O)(=O)Cc1ccccc1C1=NOCCO1. The fourth-order valence-corrected chi connectivity index (χ4v) is 2.40. The second-order valence-corrected chi connectivity index (χ2v) is 5.28. The Balaban J connectivity index is 2.36. The molecule has 0 atom stereocenters. The van der Waals surface area contributed by atoms with E-state index in [-0.39, 0.29) is 5.90 Å². The third-order valence-corrected chi connectivity index (χ3v) is 3.35. The molecule has 0 saturated heterocycles. The van der Waals surface area contributed by atoms with E-state index < -0.39 is 15.8 Å². The fourth-order valence-electron chi connectivity index (χ4n) is 1.57. The molecule has 0 fully saturated rings. The van der Waals surface area contributed by atoms with Gasteiger partial charge in [-0.1, -0.05) is 22.6 Å². The Bertz CT molecular complexity index is 647. The average molecular weight is 282 g/mol. The predicted molar refractivity (Wildman–Crippen MR) is 65.6 cm³/mol. The van der Waals surface area contributed by atoms with Crippen molar-refractivity contribution in [3.05, 3.63) is 35.4 Å². The minimum absolute atomic E-state index is 0.215. The fraction of sp³-hybridized carbons (Fsp3) is 0.273. The molecule has 0 saturated carbocycles. The van der Waals surface area contributed by atoms with Crippen LogP contribution in [-0.2, 0) is 30.1 Å². The van der Waals surface area contributed by atoms with Gasteiger partial charge in [0.15, 0.2) is 6.61 Å².